The van der Waals surface area contributed by atoms with E-state index in [2.05, 4.69) is 60.9 Å². The molecule has 12 nitrogen and oxygen atoms in total. The first-order chi connectivity index (χ1) is 34.5. The van der Waals surface area contributed by atoms with Gasteiger partial charge < -0.3 is 29.5 Å². The summed E-state index contributed by atoms with van der Waals surface area (Å²) in [6, 6.07) is 18.7. The summed E-state index contributed by atoms with van der Waals surface area (Å²) >= 11 is 1.78. The molecule has 1 aliphatic heterocycles. The highest BCUT2D eigenvalue weighted by Crippen LogP contribution is 2.46. The van der Waals surface area contributed by atoms with Gasteiger partial charge in [-0.3, -0.25) is 18.6 Å². The summed E-state index contributed by atoms with van der Waals surface area (Å²) in [6.07, 6.45) is 31.0. The number of hydrogen-bond donors (Lipinski definition) is 3. The van der Waals surface area contributed by atoms with Crippen molar-refractivity contribution in [3.05, 3.63) is 60.3 Å². The van der Waals surface area contributed by atoms with Gasteiger partial charge in [0, 0.05) is 34.5 Å². The Labute approximate surface area is 433 Å². The number of anilines is 2. The number of unbranched alkanes of at least 4 members (excludes halogenated alkanes) is 24. The Morgan fingerprint density at radius 2 is 1.24 bits per heavy atom. The van der Waals surface area contributed by atoms with Gasteiger partial charge in [-0.15, -0.1) is 0 Å². The highest BCUT2D eigenvalue weighted by molar-refractivity contribution is 8.00. The van der Waals surface area contributed by atoms with Crippen LogP contribution in [0.25, 0.3) is 10.9 Å². The predicted octanol–water partition coefficient (Wildman–Crippen LogP) is 15.5. The van der Waals surface area contributed by atoms with E-state index >= 15 is 0 Å². The number of aromatic nitrogens is 1. The Bertz CT molecular complexity index is 1950. The van der Waals surface area contributed by atoms with Gasteiger partial charge >= 0.3 is 19.8 Å². The second kappa shape index (κ2) is 35.9. The van der Waals surface area contributed by atoms with E-state index in [9.17, 15) is 19.0 Å². The van der Waals surface area contributed by atoms with Gasteiger partial charge in [0.25, 0.3) is 0 Å². The minimum Gasteiger partial charge on any atom is -0.462 e. The molecule has 3 atom stereocenters. The predicted molar refractivity (Wildman–Crippen MR) is 294 cm³/mol. The Kier molecular flexibility index (Phi) is 30.5. The fourth-order valence-electron chi connectivity index (χ4n) is 8.94. The van der Waals surface area contributed by atoms with E-state index in [0.717, 1.165) is 73.0 Å². The lowest BCUT2D eigenvalue weighted by atomic mass is 10.0. The average Bonchev–Trinajstić information content (AvgIpc) is 3.79. The average molecular weight is 1030 g/mol. The van der Waals surface area contributed by atoms with Crippen molar-refractivity contribution in [1.82, 2.24) is 4.98 Å². The van der Waals surface area contributed by atoms with Crippen LogP contribution in [0.5, 0.6) is 0 Å². The lowest BCUT2D eigenvalue weighted by Gasteiger charge is -2.30. The van der Waals surface area contributed by atoms with Crippen molar-refractivity contribution in [2.24, 2.45) is 0 Å². The highest BCUT2D eigenvalue weighted by Gasteiger charge is 2.28. The number of carbonyl (C=O) groups excluding carboxylic acids is 2. The van der Waals surface area contributed by atoms with Crippen molar-refractivity contribution in [3.63, 3.8) is 0 Å². The van der Waals surface area contributed by atoms with Gasteiger partial charge in [0.1, 0.15) is 25.1 Å². The number of nitrogens with one attached hydrogen (secondary N) is 2. The molecule has 3 unspecified atom stereocenters. The number of likely N-dealkylation sites (N-methyl/N-ethyl adjacent to an activating group) is 1. The Hall–Kier alpha value is -3.19. The van der Waals surface area contributed by atoms with Gasteiger partial charge in [-0.05, 0) is 49.2 Å². The number of pyridine rings is 1. The molecule has 0 fully saturated rings. The molecule has 0 aliphatic carbocycles. The molecule has 0 radical (unpaired) electrons. The summed E-state index contributed by atoms with van der Waals surface area (Å²) in [6.45, 7) is 5.64. The fraction of sp³-hybridized carbons (Fsp3) is 0.702. The largest absolute Gasteiger partial charge is 0.472 e. The van der Waals surface area contributed by atoms with Gasteiger partial charge in [0.15, 0.2) is 6.10 Å². The van der Waals surface area contributed by atoms with Crippen molar-refractivity contribution in [2.75, 3.05) is 64.2 Å². The van der Waals surface area contributed by atoms with Crippen LogP contribution in [-0.4, -0.2) is 86.0 Å². The maximum Gasteiger partial charge on any atom is 0.472 e. The molecule has 3 aromatic rings. The molecule has 1 aliphatic rings. The number of phosphoric ester groups is 1. The number of thioether (sulfide) groups is 1. The quantitative estimate of drug-likeness (QED) is 0.0215. The molecule has 14 heteroatoms. The molecule has 0 saturated carbocycles. The third-order valence-corrected chi connectivity index (χ3v) is 15.7. The van der Waals surface area contributed by atoms with Gasteiger partial charge in [-0.1, -0.05) is 198 Å². The smallest absolute Gasteiger partial charge is 0.462 e. The minimum atomic E-state index is -4.51. The number of fused-ring (bicyclic) bond motifs is 2. The number of carbonyl (C=O) groups is 2. The van der Waals surface area contributed by atoms with E-state index in [1.165, 1.54) is 127 Å². The van der Waals surface area contributed by atoms with Crippen LogP contribution in [0.4, 0.5) is 11.4 Å². The zero-order valence-electron chi connectivity index (χ0n) is 44.4. The van der Waals surface area contributed by atoms with Crippen LogP contribution in [0, 0.1) is 0 Å². The number of phosphoric acid groups is 1. The summed E-state index contributed by atoms with van der Waals surface area (Å²) in [5.41, 5.74) is 4.06. The number of benzene rings is 2. The number of esters is 2. The molecule has 0 bridgehead atoms. The normalized spacial score (nSPS) is 14.7. The van der Waals surface area contributed by atoms with E-state index in [0.29, 0.717) is 24.0 Å². The SMILES string of the molecule is CCCCCCCCCCCCCCCC(=O)OCC(COP(=O)(O)OCC[N+](C)(C)CCNc1ccc2nc(C3Nc4ccccc4S3)ccc2c1)OC(=O)CCCCCCCCCCCCCCC. The van der Waals surface area contributed by atoms with Crippen molar-refractivity contribution in [2.45, 2.75) is 210 Å². The molecule has 2 heterocycles. The van der Waals surface area contributed by atoms with Crippen molar-refractivity contribution in [3.8, 4) is 0 Å². The molecule has 4 rings (SSSR count). The van der Waals surface area contributed by atoms with E-state index in [4.69, 9.17) is 23.5 Å². The maximum absolute atomic E-state index is 13.1. The molecule has 0 spiro atoms. The van der Waals surface area contributed by atoms with Gasteiger partial charge in [-0.2, -0.15) is 0 Å². The zero-order chi connectivity index (χ0) is 50.8. The standard InChI is InChI=1S/C57H93N4O8PS/c1-5-7-9-11-13-15-17-19-21-23-25-27-29-35-55(62)66-46-50(69-56(63)36-30-28-26-24-22-20-18-16-14-12-10-8-6-2)47-68-70(64,65)67-44-43-61(3,4)42-41-58-49-38-40-51-48(45-49)37-39-53(59-51)57-60-52-33-31-32-34-54(52)71-57/h31-34,37-40,45,50,57-58,60H,5-30,35-36,41-44,46-47H2,1-4H3/p+1. The topological polar surface area (TPSA) is 145 Å². The fourth-order valence-corrected chi connectivity index (χ4v) is 10.8. The van der Waals surface area contributed by atoms with E-state index in [1.54, 1.807) is 11.8 Å². The minimum absolute atomic E-state index is 0.0262. The van der Waals surface area contributed by atoms with E-state index in [1.807, 2.05) is 32.3 Å². The van der Waals surface area contributed by atoms with Crippen LogP contribution in [-0.2, 0) is 32.7 Å². The molecular formula is C57H94N4O8PS+. The Morgan fingerprint density at radius 1 is 0.690 bits per heavy atom. The molecule has 2 aromatic carbocycles. The van der Waals surface area contributed by atoms with Crippen molar-refractivity contribution < 1.29 is 42.1 Å². The number of rotatable bonds is 43. The lowest BCUT2D eigenvalue weighted by molar-refractivity contribution is -0.888. The van der Waals surface area contributed by atoms with Gasteiger partial charge in [0.05, 0.1) is 45.0 Å². The number of quaternary nitrogens is 1. The Balaban J connectivity index is 1.13. The second-order valence-corrected chi connectivity index (χ2v) is 23.1. The van der Waals surface area contributed by atoms with Crippen molar-refractivity contribution >= 4 is 53.8 Å². The summed E-state index contributed by atoms with van der Waals surface area (Å²) in [5, 5.41) is 8.20. The highest BCUT2D eigenvalue weighted by atomic mass is 32.2. The summed E-state index contributed by atoms with van der Waals surface area (Å²) < 4.78 is 35.6. The van der Waals surface area contributed by atoms with E-state index in [-0.39, 0.29) is 37.4 Å². The summed E-state index contributed by atoms with van der Waals surface area (Å²) in [4.78, 5) is 42.5. The summed E-state index contributed by atoms with van der Waals surface area (Å²) in [7, 11) is -0.441. The monoisotopic (exact) mass is 1030 g/mol. The third kappa shape index (κ3) is 27.1. The van der Waals surface area contributed by atoms with Crippen LogP contribution < -0.4 is 10.6 Å². The summed E-state index contributed by atoms with van der Waals surface area (Å²) in [5.74, 6) is -0.814. The molecule has 0 saturated heterocycles. The number of ether oxygens (including phenoxy) is 2. The number of para-hydroxylation sites is 1. The van der Waals surface area contributed by atoms with Gasteiger partial charge in [0.2, 0.25) is 0 Å². The molecule has 1 aromatic heterocycles. The molecule has 71 heavy (non-hydrogen) atoms. The maximum atomic E-state index is 13.1. The van der Waals surface area contributed by atoms with Crippen LogP contribution in [0.3, 0.4) is 0 Å². The zero-order valence-corrected chi connectivity index (χ0v) is 46.2. The number of nitrogens with zero attached hydrogens (tertiary/aromatic N) is 2. The van der Waals surface area contributed by atoms with Crippen LogP contribution in [0.2, 0.25) is 0 Å². The van der Waals surface area contributed by atoms with Gasteiger partial charge in [-0.25, -0.2) is 9.55 Å². The van der Waals surface area contributed by atoms with Crippen LogP contribution >= 0.6 is 19.6 Å². The lowest BCUT2D eigenvalue weighted by Crippen LogP contribution is -2.45. The molecule has 3 N–H and O–H groups in total. The van der Waals surface area contributed by atoms with Crippen molar-refractivity contribution in [1.29, 1.82) is 0 Å². The molecule has 400 valence electrons. The van der Waals surface area contributed by atoms with E-state index < -0.39 is 26.5 Å². The van der Waals surface area contributed by atoms with Crippen LogP contribution in [0.15, 0.2) is 59.5 Å². The van der Waals surface area contributed by atoms with Crippen LogP contribution in [0.1, 0.15) is 205 Å². The Morgan fingerprint density at radius 3 is 1.82 bits per heavy atom. The third-order valence-electron chi connectivity index (χ3n) is 13.5. The first kappa shape index (κ1) is 60.4. The molecular weight excluding hydrogens is 932 g/mol. The second-order valence-electron chi connectivity index (χ2n) is 20.5. The first-order valence-corrected chi connectivity index (χ1v) is 30.3. The first-order valence-electron chi connectivity index (χ1n) is 27.9. The molecule has 0 amide bonds. The number of hydrogen-bond acceptors (Lipinski definition) is 11.